The Morgan fingerprint density at radius 1 is 1.24 bits per heavy atom. The van der Waals surface area contributed by atoms with E-state index >= 15 is 0 Å². The van der Waals surface area contributed by atoms with E-state index in [1.165, 1.54) is 12.8 Å². The quantitative estimate of drug-likeness (QED) is 0.853. The third kappa shape index (κ3) is 2.44. The highest BCUT2D eigenvalue weighted by Crippen LogP contribution is 2.34. The van der Waals surface area contributed by atoms with Gasteiger partial charge in [0.25, 0.3) is 0 Å². The molecule has 0 saturated heterocycles. The molecule has 0 spiro atoms. The van der Waals surface area contributed by atoms with Crippen molar-refractivity contribution in [1.82, 2.24) is 4.57 Å². The van der Waals surface area contributed by atoms with E-state index in [0.29, 0.717) is 12.0 Å². The van der Waals surface area contributed by atoms with E-state index in [9.17, 15) is 9.90 Å². The number of aromatic nitrogens is 1. The minimum atomic E-state index is 0.0765. The number of rotatable bonds is 2. The van der Waals surface area contributed by atoms with Gasteiger partial charge in [-0.15, -0.1) is 0 Å². The Hall–Kier alpha value is -1.09. The average molecular weight is 235 g/mol. The molecule has 1 aliphatic carbocycles. The van der Waals surface area contributed by atoms with Crippen LogP contribution in [0.3, 0.4) is 0 Å². The number of hydrogen-bond acceptors (Lipinski definition) is 2. The average Bonchev–Trinajstić information content (AvgIpc) is 2.28. The number of aliphatic hydroxyl groups is 1. The van der Waals surface area contributed by atoms with Crippen LogP contribution in [0.2, 0.25) is 0 Å². The summed E-state index contributed by atoms with van der Waals surface area (Å²) in [5.74, 6) is 0.337. The largest absolute Gasteiger partial charge is 0.396 e. The molecule has 0 aromatic carbocycles. The monoisotopic (exact) mass is 235 g/mol. The molecule has 2 unspecified atom stereocenters. The van der Waals surface area contributed by atoms with Gasteiger partial charge < -0.3 is 9.67 Å². The fourth-order valence-corrected chi connectivity index (χ4v) is 3.13. The molecule has 17 heavy (non-hydrogen) atoms. The summed E-state index contributed by atoms with van der Waals surface area (Å²) in [4.78, 5) is 11.4. The second kappa shape index (κ2) is 5.05. The Morgan fingerprint density at radius 3 is 2.41 bits per heavy atom. The Balaban J connectivity index is 2.41. The van der Waals surface area contributed by atoms with Crippen molar-refractivity contribution < 1.29 is 5.11 Å². The normalized spacial score (nSPS) is 24.9. The van der Waals surface area contributed by atoms with Crippen LogP contribution in [0.4, 0.5) is 0 Å². The molecule has 1 N–H and O–H groups in total. The van der Waals surface area contributed by atoms with Gasteiger partial charge in [0.2, 0.25) is 0 Å². The van der Waals surface area contributed by atoms with Gasteiger partial charge in [0, 0.05) is 42.1 Å². The lowest BCUT2D eigenvalue weighted by atomic mass is 9.84. The summed E-state index contributed by atoms with van der Waals surface area (Å²) in [7, 11) is 0. The molecule has 94 valence electrons. The standard InChI is InChI=1S/C14H21NO2/c1-10-7-13(17)8-11(2)15(10)14-6-4-3-5-12(14)9-16/h7-8,12,14,16H,3-6,9H2,1-2H3. The van der Waals surface area contributed by atoms with Gasteiger partial charge in [0.15, 0.2) is 5.43 Å². The van der Waals surface area contributed by atoms with Crippen LogP contribution in [-0.4, -0.2) is 16.3 Å². The topological polar surface area (TPSA) is 42.2 Å². The van der Waals surface area contributed by atoms with Crippen LogP contribution in [0.25, 0.3) is 0 Å². The highest BCUT2D eigenvalue weighted by Gasteiger charge is 2.26. The van der Waals surface area contributed by atoms with E-state index < -0.39 is 0 Å². The first-order valence-corrected chi connectivity index (χ1v) is 6.44. The van der Waals surface area contributed by atoms with Crippen LogP contribution >= 0.6 is 0 Å². The van der Waals surface area contributed by atoms with Crippen molar-refractivity contribution in [2.45, 2.75) is 45.6 Å². The number of nitrogens with zero attached hydrogens (tertiary/aromatic N) is 1. The number of hydrogen-bond donors (Lipinski definition) is 1. The van der Waals surface area contributed by atoms with Crippen LogP contribution in [0.1, 0.15) is 43.1 Å². The van der Waals surface area contributed by atoms with E-state index in [2.05, 4.69) is 4.57 Å². The molecular weight excluding hydrogens is 214 g/mol. The molecule has 2 rings (SSSR count). The van der Waals surface area contributed by atoms with Crippen molar-refractivity contribution in [3.63, 3.8) is 0 Å². The van der Waals surface area contributed by atoms with Crippen molar-refractivity contribution in [3.05, 3.63) is 33.7 Å². The predicted molar refractivity (Wildman–Crippen MR) is 68.3 cm³/mol. The smallest absolute Gasteiger partial charge is 0.182 e. The highest BCUT2D eigenvalue weighted by molar-refractivity contribution is 5.14. The lowest BCUT2D eigenvalue weighted by molar-refractivity contribution is 0.136. The fraction of sp³-hybridized carbons (Fsp3) is 0.643. The lowest BCUT2D eigenvalue weighted by Crippen LogP contribution is -2.29. The number of pyridine rings is 1. The van der Waals surface area contributed by atoms with Gasteiger partial charge in [0.1, 0.15) is 0 Å². The van der Waals surface area contributed by atoms with Crippen molar-refractivity contribution >= 4 is 0 Å². The maximum absolute atomic E-state index is 11.4. The van der Waals surface area contributed by atoms with E-state index in [1.54, 1.807) is 12.1 Å². The van der Waals surface area contributed by atoms with Gasteiger partial charge >= 0.3 is 0 Å². The zero-order chi connectivity index (χ0) is 12.4. The molecule has 3 nitrogen and oxygen atoms in total. The Kier molecular flexibility index (Phi) is 3.67. The zero-order valence-corrected chi connectivity index (χ0v) is 10.6. The van der Waals surface area contributed by atoms with Gasteiger partial charge in [0.05, 0.1) is 0 Å². The third-order valence-corrected chi connectivity index (χ3v) is 3.90. The molecular formula is C14H21NO2. The molecule has 1 heterocycles. The number of aliphatic hydroxyl groups excluding tert-OH is 1. The first-order chi connectivity index (χ1) is 8.13. The SMILES string of the molecule is Cc1cc(=O)cc(C)n1C1CCCCC1CO. The molecule has 0 amide bonds. The summed E-state index contributed by atoms with van der Waals surface area (Å²) < 4.78 is 2.24. The van der Waals surface area contributed by atoms with E-state index in [1.807, 2.05) is 13.8 Å². The van der Waals surface area contributed by atoms with Crippen LogP contribution in [0.5, 0.6) is 0 Å². The zero-order valence-electron chi connectivity index (χ0n) is 10.6. The molecule has 0 bridgehead atoms. The predicted octanol–water partition coefficient (Wildman–Crippen LogP) is 2.19. The second-order valence-corrected chi connectivity index (χ2v) is 5.14. The lowest BCUT2D eigenvalue weighted by Gasteiger charge is -2.34. The Morgan fingerprint density at radius 2 is 1.82 bits per heavy atom. The molecule has 1 fully saturated rings. The maximum atomic E-state index is 11.4. The summed E-state index contributed by atoms with van der Waals surface area (Å²) in [5, 5.41) is 9.48. The molecule has 1 aliphatic rings. The van der Waals surface area contributed by atoms with Crippen LogP contribution < -0.4 is 5.43 Å². The molecule has 3 heteroatoms. The van der Waals surface area contributed by atoms with Gasteiger partial charge in [-0.2, -0.15) is 0 Å². The molecule has 1 saturated carbocycles. The van der Waals surface area contributed by atoms with Crippen molar-refractivity contribution in [3.8, 4) is 0 Å². The minimum absolute atomic E-state index is 0.0765. The van der Waals surface area contributed by atoms with Crippen molar-refractivity contribution in [1.29, 1.82) is 0 Å². The summed E-state index contributed by atoms with van der Waals surface area (Å²) >= 11 is 0. The molecule has 0 aliphatic heterocycles. The maximum Gasteiger partial charge on any atom is 0.182 e. The van der Waals surface area contributed by atoms with Gasteiger partial charge in [-0.25, -0.2) is 0 Å². The second-order valence-electron chi connectivity index (χ2n) is 5.14. The Bertz CT molecular complexity index is 424. The van der Waals surface area contributed by atoms with E-state index in [-0.39, 0.29) is 12.0 Å². The van der Waals surface area contributed by atoms with E-state index in [0.717, 1.165) is 24.2 Å². The van der Waals surface area contributed by atoms with Crippen LogP contribution in [-0.2, 0) is 0 Å². The summed E-state index contributed by atoms with van der Waals surface area (Å²) in [6, 6.07) is 3.74. The van der Waals surface area contributed by atoms with Crippen LogP contribution in [0.15, 0.2) is 16.9 Å². The summed E-state index contributed by atoms with van der Waals surface area (Å²) in [5.41, 5.74) is 2.10. The number of aryl methyl sites for hydroxylation is 2. The first kappa shape index (κ1) is 12.4. The molecule has 1 aromatic heterocycles. The van der Waals surface area contributed by atoms with Crippen molar-refractivity contribution in [2.75, 3.05) is 6.61 Å². The van der Waals surface area contributed by atoms with Gasteiger partial charge in [-0.3, -0.25) is 4.79 Å². The molecule has 1 aromatic rings. The van der Waals surface area contributed by atoms with Gasteiger partial charge in [-0.05, 0) is 26.7 Å². The van der Waals surface area contributed by atoms with Gasteiger partial charge in [-0.1, -0.05) is 12.8 Å². The first-order valence-electron chi connectivity index (χ1n) is 6.44. The third-order valence-electron chi connectivity index (χ3n) is 3.90. The minimum Gasteiger partial charge on any atom is -0.396 e. The summed E-state index contributed by atoms with van der Waals surface area (Å²) in [6.45, 7) is 4.21. The molecule has 0 radical (unpaired) electrons. The van der Waals surface area contributed by atoms with E-state index in [4.69, 9.17) is 0 Å². The molecule has 2 atom stereocenters. The van der Waals surface area contributed by atoms with Crippen LogP contribution in [0, 0.1) is 19.8 Å². The Labute approximate surface area is 102 Å². The fourth-order valence-electron chi connectivity index (χ4n) is 3.13. The highest BCUT2D eigenvalue weighted by atomic mass is 16.3. The summed E-state index contributed by atoms with van der Waals surface area (Å²) in [6.07, 6.45) is 4.62. The van der Waals surface area contributed by atoms with Crippen molar-refractivity contribution in [2.24, 2.45) is 5.92 Å².